The summed E-state index contributed by atoms with van der Waals surface area (Å²) in [4.78, 5) is 14.2. The first-order valence-electron chi connectivity index (χ1n) is 7.93. The van der Waals surface area contributed by atoms with Gasteiger partial charge in [-0.25, -0.2) is 0 Å². The van der Waals surface area contributed by atoms with Crippen molar-refractivity contribution in [1.29, 1.82) is 0 Å². The Kier molecular flexibility index (Phi) is 11.3. The Morgan fingerprint density at radius 3 is 2.35 bits per heavy atom. The Labute approximate surface area is 152 Å². The summed E-state index contributed by atoms with van der Waals surface area (Å²) < 4.78 is 0. The lowest BCUT2D eigenvalue weighted by atomic mass is 9.99. The van der Waals surface area contributed by atoms with Crippen LogP contribution >= 0.6 is 24.8 Å². The van der Waals surface area contributed by atoms with Crippen LogP contribution in [0, 0.1) is 5.92 Å². The van der Waals surface area contributed by atoms with Crippen molar-refractivity contribution >= 4 is 36.4 Å². The molecule has 4 nitrogen and oxygen atoms in total. The van der Waals surface area contributed by atoms with E-state index in [0.717, 1.165) is 18.2 Å². The lowest BCUT2D eigenvalue weighted by Gasteiger charge is -2.30. The number of hydrogen-bond acceptors (Lipinski definition) is 3. The summed E-state index contributed by atoms with van der Waals surface area (Å²) >= 11 is 0. The second kappa shape index (κ2) is 11.7. The zero-order chi connectivity index (χ0) is 15.1. The van der Waals surface area contributed by atoms with Gasteiger partial charge in [0.2, 0.25) is 5.91 Å². The van der Waals surface area contributed by atoms with Crippen molar-refractivity contribution in [3.8, 4) is 0 Å². The van der Waals surface area contributed by atoms with Gasteiger partial charge in [-0.2, -0.15) is 0 Å². The van der Waals surface area contributed by atoms with E-state index in [1.165, 1.54) is 31.5 Å². The molecule has 0 saturated carbocycles. The minimum atomic E-state index is 0. The fraction of sp³-hybridized carbons (Fsp3) is 0.588. The first kappa shape index (κ1) is 22.2. The number of anilines is 1. The average Bonchev–Trinajstić information content (AvgIpc) is 2.49. The molecule has 1 aromatic carbocycles. The topological polar surface area (TPSA) is 44.4 Å². The van der Waals surface area contributed by atoms with Gasteiger partial charge in [0.15, 0.2) is 0 Å². The van der Waals surface area contributed by atoms with Crippen LogP contribution in [-0.2, 0) is 11.3 Å². The van der Waals surface area contributed by atoms with Crippen LogP contribution in [0.2, 0.25) is 0 Å². The first-order valence-corrected chi connectivity index (χ1v) is 7.93. The quantitative estimate of drug-likeness (QED) is 0.816. The van der Waals surface area contributed by atoms with Crippen LogP contribution in [0.15, 0.2) is 24.3 Å². The van der Waals surface area contributed by atoms with Gasteiger partial charge in [-0.3, -0.25) is 9.69 Å². The third-order valence-electron chi connectivity index (χ3n) is 4.12. The third kappa shape index (κ3) is 8.02. The second-order valence-electron chi connectivity index (χ2n) is 6.06. The van der Waals surface area contributed by atoms with Crippen LogP contribution in [0.25, 0.3) is 0 Å². The zero-order valence-electron chi connectivity index (χ0n) is 14.0. The molecule has 2 N–H and O–H groups in total. The standard InChI is InChI=1S/C17H27N3O.2ClH/c1-14-8-11-20(12-9-14)13-15-3-5-16(6-4-15)19-17(21)7-10-18-2;;/h3-6,14,18H,7-13H2,1-2H3,(H,19,21);2*1H. The lowest BCUT2D eigenvalue weighted by Crippen LogP contribution is -2.32. The highest BCUT2D eigenvalue weighted by atomic mass is 35.5. The molecule has 23 heavy (non-hydrogen) atoms. The Balaban J connectivity index is 0.00000242. The molecular weight excluding hydrogens is 333 g/mol. The van der Waals surface area contributed by atoms with Crippen LogP contribution in [0.1, 0.15) is 31.7 Å². The molecule has 0 bridgehead atoms. The molecule has 1 aliphatic heterocycles. The smallest absolute Gasteiger partial charge is 0.225 e. The minimum Gasteiger partial charge on any atom is -0.326 e. The molecule has 132 valence electrons. The lowest BCUT2D eigenvalue weighted by molar-refractivity contribution is -0.116. The number of carbonyl (C=O) groups excluding carboxylic acids is 1. The van der Waals surface area contributed by atoms with E-state index < -0.39 is 0 Å². The summed E-state index contributed by atoms with van der Waals surface area (Å²) in [5.74, 6) is 0.929. The molecule has 1 amide bonds. The third-order valence-corrected chi connectivity index (χ3v) is 4.12. The highest BCUT2D eigenvalue weighted by molar-refractivity contribution is 5.90. The van der Waals surface area contributed by atoms with Crippen molar-refractivity contribution in [1.82, 2.24) is 10.2 Å². The van der Waals surface area contributed by atoms with Crippen molar-refractivity contribution in [3.05, 3.63) is 29.8 Å². The van der Waals surface area contributed by atoms with Crippen molar-refractivity contribution < 1.29 is 4.79 Å². The highest BCUT2D eigenvalue weighted by Gasteiger charge is 2.15. The maximum absolute atomic E-state index is 11.6. The summed E-state index contributed by atoms with van der Waals surface area (Å²) in [6.45, 7) is 6.45. The maximum Gasteiger partial charge on any atom is 0.225 e. The van der Waals surface area contributed by atoms with Crippen molar-refractivity contribution in [2.45, 2.75) is 32.7 Å². The normalized spacial score (nSPS) is 15.4. The molecule has 6 heteroatoms. The molecule has 1 aliphatic rings. The van der Waals surface area contributed by atoms with Crippen LogP contribution in [0.4, 0.5) is 5.69 Å². The first-order chi connectivity index (χ1) is 10.2. The molecule has 0 radical (unpaired) electrons. The van der Waals surface area contributed by atoms with E-state index in [9.17, 15) is 4.79 Å². The Morgan fingerprint density at radius 2 is 1.78 bits per heavy atom. The van der Waals surface area contributed by atoms with E-state index >= 15 is 0 Å². The highest BCUT2D eigenvalue weighted by Crippen LogP contribution is 2.19. The van der Waals surface area contributed by atoms with E-state index in [4.69, 9.17) is 0 Å². The van der Waals surface area contributed by atoms with Crippen LogP contribution < -0.4 is 10.6 Å². The summed E-state index contributed by atoms with van der Waals surface area (Å²) in [6.07, 6.45) is 3.11. The summed E-state index contributed by atoms with van der Waals surface area (Å²) in [5.41, 5.74) is 2.20. The zero-order valence-corrected chi connectivity index (χ0v) is 15.6. The molecule has 0 spiro atoms. The van der Waals surface area contributed by atoms with Crippen LogP contribution in [-0.4, -0.2) is 37.5 Å². The number of carbonyl (C=O) groups is 1. The number of nitrogens with zero attached hydrogens (tertiary/aromatic N) is 1. The van der Waals surface area contributed by atoms with Crippen molar-refractivity contribution in [2.24, 2.45) is 5.92 Å². The molecule has 1 fully saturated rings. The number of benzene rings is 1. The van der Waals surface area contributed by atoms with Gasteiger partial charge in [0.1, 0.15) is 0 Å². The predicted molar refractivity (Wildman–Crippen MR) is 102 cm³/mol. The second-order valence-corrected chi connectivity index (χ2v) is 6.06. The SMILES string of the molecule is CNCCC(=O)Nc1ccc(CN2CCC(C)CC2)cc1.Cl.Cl. The molecule has 1 heterocycles. The van der Waals surface area contributed by atoms with E-state index in [0.29, 0.717) is 13.0 Å². The van der Waals surface area contributed by atoms with Crippen LogP contribution in [0.5, 0.6) is 0 Å². The molecular formula is C17H29Cl2N3O. The molecule has 0 atom stereocenters. The van der Waals surface area contributed by atoms with Gasteiger partial charge in [0.05, 0.1) is 0 Å². The summed E-state index contributed by atoms with van der Waals surface area (Å²) in [5, 5.41) is 5.90. The van der Waals surface area contributed by atoms with Gasteiger partial charge in [0, 0.05) is 25.2 Å². The minimum absolute atomic E-state index is 0. The molecule has 0 unspecified atom stereocenters. The molecule has 1 aromatic rings. The van der Waals surface area contributed by atoms with Crippen molar-refractivity contribution in [3.63, 3.8) is 0 Å². The maximum atomic E-state index is 11.6. The fourth-order valence-electron chi connectivity index (χ4n) is 2.63. The van der Waals surface area contributed by atoms with Gasteiger partial charge in [0.25, 0.3) is 0 Å². The number of likely N-dealkylation sites (tertiary alicyclic amines) is 1. The predicted octanol–water partition coefficient (Wildman–Crippen LogP) is 3.31. The van der Waals surface area contributed by atoms with Crippen molar-refractivity contribution in [2.75, 3.05) is 32.0 Å². The molecule has 1 saturated heterocycles. The number of halogens is 2. The Bertz CT molecular complexity index is 446. The summed E-state index contributed by atoms with van der Waals surface area (Å²) in [6, 6.07) is 8.23. The summed E-state index contributed by atoms with van der Waals surface area (Å²) in [7, 11) is 1.85. The fourth-order valence-corrected chi connectivity index (χ4v) is 2.63. The number of nitrogens with one attached hydrogen (secondary N) is 2. The monoisotopic (exact) mass is 361 g/mol. The van der Waals surface area contributed by atoms with Crippen LogP contribution in [0.3, 0.4) is 0 Å². The van der Waals surface area contributed by atoms with Gasteiger partial charge in [-0.05, 0) is 56.6 Å². The number of hydrogen-bond donors (Lipinski definition) is 2. The Hall–Kier alpha value is -0.810. The molecule has 0 aliphatic carbocycles. The van der Waals surface area contributed by atoms with E-state index in [2.05, 4.69) is 34.6 Å². The Morgan fingerprint density at radius 1 is 1.17 bits per heavy atom. The van der Waals surface area contributed by atoms with Gasteiger partial charge in [-0.15, -0.1) is 24.8 Å². The van der Waals surface area contributed by atoms with E-state index in [1.54, 1.807) is 0 Å². The number of amides is 1. The average molecular weight is 362 g/mol. The number of piperidine rings is 1. The van der Waals surface area contributed by atoms with E-state index in [-0.39, 0.29) is 30.7 Å². The molecule has 2 rings (SSSR count). The van der Waals surface area contributed by atoms with Gasteiger partial charge >= 0.3 is 0 Å². The van der Waals surface area contributed by atoms with Gasteiger partial charge < -0.3 is 10.6 Å². The van der Waals surface area contributed by atoms with E-state index in [1.807, 2.05) is 19.2 Å². The largest absolute Gasteiger partial charge is 0.326 e. The molecule has 0 aromatic heterocycles. The number of rotatable bonds is 6. The van der Waals surface area contributed by atoms with Gasteiger partial charge in [-0.1, -0.05) is 19.1 Å².